The fourth-order valence-electron chi connectivity index (χ4n) is 1.25. The lowest BCUT2D eigenvalue weighted by Crippen LogP contribution is -2.25. The lowest BCUT2D eigenvalue weighted by molar-refractivity contribution is -0.139. The average molecular weight is 207 g/mol. The molecule has 0 atom stereocenters. The summed E-state index contributed by atoms with van der Waals surface area (Å²) in [6.45, 7) is 3.14. The van der Waals surface area contributed by atoms with Crippen molar-refractivity contribution in [2.45, 2.75) is 13.3 Å². The number of rotatable bonds is 5. The van der Waals surface area contributed by atoms with E-state index in [0.717, 1.165) is 13.0 Å². The second kappa shape index (κ2) is 6.19. The van der Waals surface area contributed by atoms with E-state index in [1.54, 1.807) is 0 Å². The molecule has 82 valence electrons. The Morgan fingerprint density at radius 3 is 2.60 bits per heavy atom. The molecule has 0 aliphatic rings. The Labute approximate surface area is 90.4 Å². The molecule has 0 heterocycles. The molecule has 1 rings (SSSR count). The third kappa shape index (κ3) is 4.61. The van der Waals surface area contributed by atoms with Crippen molar-refractivity contribution in [3.05, 3.63) is 35.4 Å². The summed E-state index contributed by atoms with van der Waals surface area (Å²) in [5.74, 6) is -0.223. The van der Waals surface area contributed by atoms with Crippen molar-refractivity contribution in [1.29, 1.82) is 0 Å². The van der Waals surface area contributed by atoms with Crippen molar-refractivity contribution in [1.82, 2.24) is 5.32 Å². The van der Waals surface area contributed by atoms with Gasteiger partial charge in [-0.15, -0.1) is 0 Å². The number of nitrogens with one attached hydrogen (secondary N) is 1. The summed E-state index contributed by atoms with van der Waals surface area (Å²) in [4.78, 5) is 10.8. The number of benzene rings is 1. The first-order valence-corrected chi connectivity index (χ1v) is 5.05. The van der Waals surface area contributed by atoms with Gasteiger partial charge >= 0.3 is 5.97 Å². The van der Waals surface area contributed by atoms with Crippen LogP contribution in [0.25, 0.3) is 0 Å². The zero-order chi connectivity index (χ0) is 11.1. The molecule has 0 amide bonds. The first-order chi connectivity index (χ1) is 7.22. The Morgan fingerprint density at radius 1 is 1.33 bits per heavy atom. The molecule has 0 aliphatic carbocycles. The monoisotopic (exact) mass is 207 g/mol. The Kier molecular flexibility index (Phi) is 4.84. The second-order valence-electron chi connectivity index (χ2n) is 3.49. The van der Waals surface area contributed by atoms with Crippen LogP contribution < -0.4 is 5.32 Å². The highest BCUT2D eigenvalue weighted by Crippen LogP contribution is 2.02. The number of hydrogen-bond donors (Lipinski definition) is 1. The minimum Gasteiger partial charge on any atom is -0.468 e. The highest BCUT2D eigenvalue weighted by atomic mass is 16.5. The maximum Gasteiger partial charge on any atom is 0.319 e. The van der Waals surface area contributed by atoms with E-state index in [0.29, 0.717) is 0 Å². The molecule has 0 aromatic heterocycles. The van der Waals surface area contributed by atoms with Gasteiger partial charge in [0.05, 0.1) is 13.7 Å². The number of carbonyl (C=O) groups is 1. The van der Waals surface area contributed by atoms with E-state index < -0.39 is 0 Å². The third-order valence-corrected chi connectivity index (χ3v) is 2.21. The summed E-state index contributed by atoms with van der Waals surface area (Å²) in [5, 5.41) is 3.02. The fraction of sp³-hybridized carbons (Fsp3) is 0.417. The standard InChI is InChI=1S/C12H17NO2/c1-10-3-5-11(6-4-10)7-8-13-9-12(14)15-2/h3-6,13H,7-9H2,1-2H3. The van der Waals surface area contributed by atoms with E-state index in [4.69, 9.17) is 0 Å². The molecule has 0 fully saturated rings. The van der Waals surface area contributed by atoms with Gasteiger partial charge in [-0.05, 0) is 25.5 Å². The van der Waals surface area contributed by atoms with Gasteiger partial charge in [0, 0.05) is 0 Å². The van der Waals surface area contributed by atoms with Gasteiger partial charge in [0.2, 0.25) is 0 Å². The summed E-state index contributed by atoms with van der Waals surface area (Å²) >= 11 is 0. The molecule has 3 heteroatoms. The minimum absolute atomic E-state index is 0.223. The van der Waals surface area contributed by atoms with Gasteiger partial charge in [0.25, 0.3) is 0 Å². The van der Waals surface area contributed by atoms with Gasteiger partial charge in [0.1, 0.15) is 0 Å². The highest BCUT2D eigenvalue weighted by molar-refractivity contribution is 5.71. The van der Waals surface area contributed by atoms with Gasteiger partial charge < -0.3 is 10.1 Å². The molecule has 1 aromatic rings. The van der Waals surface area contributed by atoms with Crippen molar-refractivity contribution in [2.24, 2.45) is 0 Å². The van der Waals surface area contributed by atoms with Crippen LogP contribution in [0.15, 0.2) is 24.3 Å². The van der Waals surface area contributed by atoms with Gasteiger partial charge in [-0.1, -0.05) is 29.8 Å². The Hall–Kier alpha value is -1.35. The number of esters is 1. The van der Waals surface area contributed by atoms with E-state index >= 15 is 0 Å². The molecule has 0 saturated carbocycles. The van der Waals surface area contributed by atoms with Crippen LogP contribution in [0.2, 0.25) is 0 Å². The van der Waals surface area contributed by atoms with E-state index in [9.17, 15) is 4.79 Å². The number of carbonyl (C=O) groups excluding carboxylic acids is 1. The molecule has 3 nitrogen and oxygen atoms in total. The van der Waals surface area contributed by atoms with Crippen LogP contribution in [0.1, 0.15) is 11.1 Å². The van der Waals surface area contributed by atoms with Gasteiger partial charge in [-0.3, -0.25) is 4.79 Å². The zero-order valence-electron chi connectivity index (χ0n) is 9.25. The molecule has 0 radical (unpaired) electrons. The summed E-state index contributed by atoms with van der Waals surface area (Å²) in [6, 6.07) is 8.40. The van der Waals surface area contributed by atoms with E-state index in [1.165, 1.54) is 18.2 Å². The molecule has 15 heavy (non-hydrogen) atoms. The largest absolute Gasteiger partial charge is 0.468 e. The predicted octanol–water partition coefficient (Wildman–Crippen LogP) is 1.30. The molecule has 0 saturated heterocycles. The first-order valence-electron chi connectivity index (χ1n) is 5.05. The zero-order valence-corrected chi connectivity index (χ0v) is 9.25. The van der Waals surface area contributed by atoms with Crippen LogP contribution in [-0.4, -0.2) is 26.2 Å². The lowest BCUT2D eigenvalue weighted by Gasteiger charge is -2.03. The normalized spacial score (nSPS) is 10.0. The topological polar surface area (TPSA) is 38.3 Å². The molecule has 1 N–H and O–H groups in total. The minimum atomic E-state index is -0.223. The van der Waals surface area contributed by atoms with Gasteiger partial charge in [0.15, 0.2) is 0 Å². The Morgan fingerprint density at radius 2 is 2.00 bits per heavy atom. The summed E-state index contributed by atoms with van der Waals surface area (Å²) in [5.41, 5.74) is 2.54. The average Bonchev–Trinajstić information content (AvgIpc) is 2.26. The lowest BCUT2D eigenvalue weighted by atomic mass is 10.1. The van der Waals surface area contributed by atoms with Crippen LogP contribution in [-0.2, 0) is 16.0 Å². The quantitative estimate of drug-likeness (QED) is 0.584. The summed E-state index contributed by atoms with van der Waals surface area (Å²) < 4.78 is 4.52. The van der Waals surface area contributed by atoms with E-state index in [2.05, 4.69) is 41.2 Å². The van der Waals surface area contributed by atoms with Crippen molar-refractivity contribution in [3.8, 4) is 0 Å². The number of ether oxygens (including phenoxy) is 1. The van der Waals surface area contributed by atoms with Crippen molar-refractivity contribution < 1.29 is 9.53 Å². The van der Waals surface area contributed by atoms with Crippen molar-refractivity contribution in [3.63, 3.8) is 0 Å². The molecule has 0 unspecified atom stereocenters. The maximum absolute atomic E-state index is 10.8. The van der Waals surface area contributed by atoms with Crippen LogP contribution in [0.4, 0.5) is 0 Å². The summed E-state index contributed by atoms with van der Waals surface area (Å²) in [6.07, 6.45) is 0.928. The van der Waals surface area contributed by atoms with Crippen LogP contribution >= 0.6 is 0 Å². The van der Waals surface area contributed by atoms with Crippen molar-refractivity contribution >= 4 is 5.97 Å². The van der Waals surface area contributed by atoms with Crippen molar-refractivity contribution in [2.75, 3.05) is 20.2 Å². The smallest absolute Gasteiger partial charge is 0.319 e. The van der Waals surface area contributed by atoms with Gasteiger partial charge in [-0.2, -0.15) is 0 Å². The predicted molar refractivity (Wildman–Crippen MR) is 59.8 cm³/mol. The van der Waals surface area contributed by atoms with Crippen LogP contribution in [0, 0.1) is 6.92 Å². The summed E-state index contributed by atoms with van der Waals surface area (Å²) in [7, 11) is 1.39. The van der Waals surface area contributed by atoms with Gasteiger partial charge in [-0.25, -0.2) is 0 Å². The number of methoxy groups -OCH3 is 1. The van der Waals surface area contributed by atoms with Crippen LogP contribution in [0.3, 0.4) is 0 Å². The molecular formula is C12H17NO2. The Balaban J connectivity index is 2.20. The van der Waals surface area contributed by atoms with E-state index in [1.807, 2.05) is 0 Å². The molecule has 0 spiro atoms. The molecule has 0 aliphatic heterocycles. The highest BCUT2D eigenvalue weighted by Gasteiger charge is 1.98. The number of aryl methyl sites for hydroxylation is 1. The molecule has 0 bridgehead atoms. The number of hydrogen-bond acceptors (Lipinski definition) is 3. The second-order valence-corrected chi connectivity index (χ2v) is 3.49. The van der Waals surface area contributed by atoms with E-state index in [-0.39, 0.29) is 12.5 Å². The Bertz CT molecular complexity index is 306. The third-order valence-electron chi connectivity index (χ3n) is 2.21. The maximum atomic E-state index is 10.8. The first kappa shape index (κ1) is 11.7. The fourth-order valence-corrected chi connectivity index (χ4v) is 1.25. The molecular weight excluding hydrogens is 190 g/mol. The molecule has 1 aromatic carbocycles. The SMILES string of the molecule is COC(=O)CNCCc1ccc(C)cc1. The van der Waals surface area contributed by atoms with Crippen LogP contribution in [0.5, 0.6) is 0 Å².